The van der Waals surface area contributed by atoms with Gasteiger partial charge < -0.3 is 5.32 Å². The van der Waals surface area contributed by atoms with E-state index in [1.165, 1.54) is 4.31 Å². The van der Waals surface area contributed by atoms with E-state index in [1.807, 2.05) is 19.1 Å². The Kier molecular flexibility index (Phi) is 6.48. The van der Waals surface area contributed by atoms with Crippen molar-refractivity contribution < 1.29 is 26.4 Å². The predicted octanol–water partition coefficient (Wildman–Crippen LogP) is 4.21. The molecule has 2 aromatic carbocycles. The number of halogens is 3. The molecule has 1 atom stereocenters. The normalized spacial score (nSPS) is 17.7. The van der Waals surface area contributed by atoms with Crippen molar-refractivity contribution in [2.75, 3.05) is 13.1 Å². The Hall–Kier alpha value is -2.39. The third-order valence-electron chi connectivity index (χ3n) is 5.47. The van der Waals surface area contributed by atoms with Crippen LogP contribution in [-0.4, -0.2) is 37.8 Å². The second-order valence-corrected chi connectivity index (χ2v) is 9.75. The highest BCUT2D eigenvalue weighted by Crippen LogP contribution is 2.31. The van der Waals surface area contributed by atoms with Crippen LogP contribution in [0.3, 0.4) is 0 Å². The highest BCUT2D eigenvalue weighted by atomic mass is 32.2. The molecular weight excluding hydrogens is 429 g/mol. The van der Waals surface area contributed by atoms with Gasteiger partial charge in [0.05, 0.1) is 10.5 Å². The maximum atomic E-state index is 13.4. The fourth-order valence-electron chi connectivity index (χ4n) is 4.14. The summed E-state index contributed by atoms with van der Waals surface area (Å²) in [6.07, 6.45) is -3.21. The van der Waals surface area contributed by atoms with Gasteiger partial charge in [-0.05, 0) is 69.0 Å². The number of sulfonamides is 1. The number of rotatable bonds is 5. The summed E-state index contributed by atoms with van der Waals surface area (Å²) in [6.45, 7) is 5.89. The molecule has 31 heavy (non-hydrogen) atoms. The molecule has 1 aliphatic heterocycles. The maximum Gasteiger partial charge on any atom is 0.416 e. The van der Waals surface area contributed by atoms with Crippen molar-refractivity contribution in [1.29, 1.82) is 0 Å². The van der Waals surface area contributed by atoms with Gasteiger partial charge in [-0.2, -0.15) is 17.5 Å². The van der Waals surface area contributed by atoms with Crippen molar-refractivity contribution in [2.45, 2.75) is 50.7 Å². The number of hydrogen-bond donors (Lipinski definition) is 1. The van der Waals surface area contributed by atoms with Gasteiger partial charge in [0.2, 0.25) is 10.0 Å². The van der Waals surface area contributed by atoms with Crippen LogP contribution in [0.2, 0.25) is 0 Å². The first kappa shape index (κ1) is 23.3. The third kappa shape index (κ3) is 4.93. The van der Waals surface area contributed by atoms with Gasteiger partial charge >= 0.3 is 6.18 Å². The SMILES string of the molecule is Cc1cc(C)c(S(=O)(=O)N2CCCC2CNC(=O)c2ccc(C(F)(F)F)cc2)c(C)c1. The Morgan fingerprint density at radius 3 is 2.23 bits per heavy atom. The van der Waals surface area contributed by atoms with E-state index in [2.05, 4.69) is 5.32 Å². The molecule has 168 valence electrons. The molecule has 0 aliphatic carbocycles. The molecule has 1 fully saturated rings. The molecule has 1 unspecified atom stereocenters. The summed E-state index contributed by atoms with van der Waals surface area (Å²) < 4.78 is 66.2. The van der Waals surface area contributed by atoms with Crippen LogP contribution in [0, 0.1) is 20.8 Å². The van der Waals surface area contributed by atoms with E-state index < -0.39 is 33.7 Å². The summed E-state index contributed by atoms with van der Waals surface area (Å²) >= 11 is 0. The number of nitrogens with one attached hydrogen (secondary N) is 1. The Labute approximate surface area is 180 Å². The van der Waals surface area contributed by atoms with Crippen molar-refractivity contribution in [3.63, 3.8) is 0 Å². The Morgan fingerprint density at radius 1 is 1.10 bits per heavy atom. The lowest BCUT2D eigenvalue weighted by Gasteiger charge is -2.26. The zero-order valence-corrected chi connectivity index (χ0v) is 18.4. The Bertz CT molecular complexity index is 1060. The van der Waals surface area contributed by atoms with E-state index >= 15 is 0 Å². The van der Waals surface area contributed by atoms with Crippen molar-refractivity contribution in [3.8, 4) is 0 Å². The Morgan fingerprint density at radius 2 is 1.68 bits per heavy atom. The fraction of sp³-hybridized carbons (Fsp3) is 0.409. The van der Waals surface area contributed by atoms with E-state index in [0.717, 1.165) is 29.8 Å². The molecule has 0 bridgehead atoms. The lowest BCUT2D eigenvalue weighted by atomic mass is 10.1. The number of amides is 1. The van der Waals surface area contributed by atoms with E-state index in [0.29, 0.717) is 35.4 Å². The highest BCUT2D eigenvalue weighted by Gasteiger charge is 2.37. The van der Waals surface area contributed by atoms with Gasteiger partial charge in [-0.3, -0.25) is 4.79 Å². The number of hydrogen-bond acceptors (Lipinski definition) is 3. The first-order valence-corrected chi connectivity index (χ1v) is 11.4. The quantitative estimate of drug-likeness (QED) is 0.736. The molecule has 0 saturated carbocycles. The van der Waals surface area contributed by atoms with Crippen LogP contribution >= 0.6 is 0 Å². The van der Waals surface area contributed by atoms with E-state index in [9.17, 15) is 26.4 Å². The first-order valence-electron chi connectivity index (χ1n) is 9.96. The second-order valence-electron chi connectivity index (χ2n) is 7.92. The van der Waals surface area contributed by atoms with Crippen LogP contribution < -0.4 is 5.32 Å². The van der Waals surface area contributed by atoms with Gasteiger partial charge in [-0.15, -0.1) is 0 Å². The first-order chi connectivity index (χ1) is 14.4. The van der Waals surface area contributed by atoms with Gasteiger partial charge in [0.25, 0.3) is 5.91 Å². The molecule has 2 aromatic rings. The minimum absolute atomic E-state index is 0.0864. The number of alkyl halides is 3. The summed E-state index contributed by atoms with van der Waals surface area (Å²) in [5.74, 6) is -0.541. The highest BCUT2D eigenvalue weighted by molar-refractivity contribution is 7.89. The summed E-state index contributed by atoms with van der Waals surface area (Å²) in [6, 6.07) is 7.17. The zero-order chi connectivity index (χ0) is 23.0. The number of carbonyl (C=O) groups excluding carboxylic acids is 1. The number of carbonyl (C=O) groups is 1. The average Bonchev–Trinajstić information content (AvgIpc) is 3.14. The molecule has 0 spiro atoms. The summed E-state index contributed by atoms with van der Waals surface area (Å²) in [4.78, 5) is 12.7. The van der Waals surface area contributed by atoms with Crippen LogP contribution in [-0.2, 0) is 16.2 Å². The number of nitrogens with zero attached hydrogens (tertiary/aromatic N) is 1. The molecule has 1 amide bonds. The molecule has 1 N–H and O–H groups in total. The monoisotopic (exact) mass is 454 g/mol. The van der Waals surface area contributed by atoms with Crippen LogP contribution in [0.4, 0.5) is 13.2 Å². The van der Waals surface area contributed by atoms with Crippen molar-refractivity contribution >= 4 is 15.9 Å². The minimum atomic E-state index is -4.47. The summed E-state index contributed by atoms with van der Waals surface area (Å²) in [5, 5.41) is 2.66. The maximum absolute atomic E-state index is 13.4. The van der Waals surface area contributed by atoms with E-state index in [1.54, 1.807) is 13.8 Å². The third-order valence-corrected chi connectivity index (χ3v) is 7.73. The fourth-order valence-corrected chi connectivity index (χ4v) is 6.25. The molecule has 9 heteroatoms. The van der Waals surface area contributed by atoms with Gasteiger partial charge in [0.15, 0.2) is 0 Å². The van der Waals surface area contributed by atoms with Crippen LogP contribution in [0.1, 0.15) is 45.5 Å². The molecule has 0 aromatic heterocycles. The lowest BCUT2D eigenvalue weighted by Crippen LogP contribution is -2.43. The van der Waals surface area contributed by atoms with Gasteiger partial charge in [-0.25, -0.2) is 8.42 Å². The second kappa shape index (κ2) is 8.63. The average molecular weight is 455 g/mol. The van der Waals surface area contributed by atoms with Gasteiger partial charge in [0, 0.05) is 24.7 Å². The number of aryl methyl sites for hydroxylation is 3. The van der Waals surface area contributed by atoms with E-state index in [-0.39, 0.29) is 12.1 Å². The minimum Gasteiger partial charge on any atom is -0.350 e. The molecular formula is C22H25F3N2O3S. The molecule has 0 radical (unpaired) electrons. The summed E-state index contributed by atoms with van der Waals surface area (Å²) in [5.41, 5.74) is 1.59. The van der Waals surface area contributed by atoms with Crippen LogP contribution in [0.15, 0.2) is 41.3 Å². The zero-order valence-electron chi connectivity index (χ0n) is 17.6. The van der Waals surface area contributed by atoms with Crippen molar-refractivity contribution in [3.05, 3.63) is 64.2 Å². The van der Waals surface area contributed by atoms with E-state index in [4.69, 9.17) is 0 Å². The Balaban J connectivity index is 1.73. The van der Waals surface area contributed by atoms with Crippen molar-refractivity contribution in [1.82, 2.24) is 9.62 Å². The molecule has 5 nitrogen and oxygen atoms in total. The van der Waals surface area contributed by atoms with Gasteiger partial charge in [0.1, 0.15) is 0 Å². The smallest absolute Gasteiger partial charge is 0.350 e. The molecule has 1 saturated heterocycles. The predicted molar refractivity (Wildman–Crippen MR) is 111 cm³/mol. The van der Waals surface area contributed by atoms with Crippen molar-refractivity contribution in [2.24, 2.45) is 0 Å². The summed E-state index contributed by atoms with van der Waals surface area (Å²) in [7, 11) is -3.74. The van der Waals surface area contributed by atoms with Crippen LogP contribution in [0.25, 0.3) is 0 Å². The van der Waals surface area contributed by atoms with Gasteiger partial charge in [-0.1, -0.05) is 17.7 Å². The lowest BCUT2D eigenvalue weighted by molar-refractivity contribution is -0.137. The molecule has 3 rings (SSSR count). The van der Waals surface area contributed by atoms with Crippen LogP contribution in [0.5, 0.6) is 0 Å². The number of benzene rings is 2. The largest absolute Gasteiger partial charge is 0.416 e. The molecule has 1 aliphatic rings. The molecule has 1 heterocycles. The standard InChI is InChI=1S/C22H25F3N2O3S/c1-14-11-15(2)20(16(3)12-14)31(29,30)27-10-4-5-19(27)13-26-21(28)17-6-8-18(9-7-17)22(23,24)25/h6-9,11-12,19H,4-5,10,13H2,1-3H3,(H,26,28). The topological polar surface area (TPSA) is 66.5 Å².